The van der Waals surface area contributed by atoms with Crippen molar-refractivity contribution in [2.45, 2.75) is 39.7 Å². The van der Waals surface area contributed by atoms with Crippen molar-refractivity contribution in [3.05, 3.63) is 29.8 Å². The second-order valence-electron chi connectivity index (χ2n) is 5.88. The summed E-state index contributed by atoms with van der Waals surface area (Å²) in [4.78, 5) is 26.0. The van der Waals surface area contributed by atoms with Crippen molar-refractivity contribution in [3.63, 3.8) is 0 Å². The summed E-state index contributed by atoms with van der Waals surface area (Å²) in [6.07, 6.45) is 0.970. The number of hydrogen-bond donors (Lipinski definition) is 0. The predicted molar refractivity (Wildman–Crippen MR) is 95.9 cm³/mol. The van der Waals surface area contributed by atoms with Gasteiger partial charge in [-0.15, -0.1) is 0 Å². The molecule has 0 radical (unpaired) electrons. The molecule has 0 spiro atoms. The average molecular weight is 351 g/mol. The first-order chi connectivity index (χ1) is 12.0. The Bertz CT molecular complexity index is 527. The van der Waals surface area contributed by atoms with Gasteiger partial charge in [-0.25, -0.2) is 0 Å². The number of benzene rings is 1. The minimum Gasteiger partial charge on any atom is -0.491 e. The number of methoxy groups -OCH3 is 1. The van der Waals surface area contributed by atoms with Crippen molar-refractivity contribution in [2.24, 2.45) is 0 Å². The van der Waals surface area contributed by atoms with E-state index in [4.69, 9.17) is 14.2 Å². The van der Waals surface area contributed by atoms with E-state index in [2.05, 4.69) is 0 Å². The molecule has 0 aliphatic heterocycles. The van der Waals surface area contributed by atoms with Crippen LogP contribution in [0.4, 0.5) is 0 Å². The normalized spacial score (nSPS) is 10.6. The second-order valence-corrected chi connectivity index (χ2v) is 5.88. The van der Waals surface area contributed by atoms with E-state index in [-0.39, 0.29) is 24.4 Å². The van der Waals surface area contributed by atoms with Crippen LogP contribution in [-0.4, -0.2) is 56.3 Å². The van der Waals surface area contributed by atoms with Crippen LogP contribution in [0.3, 0.4) is 0 Å². The SMILES string of the molecule is CCOC(=O)CCN(CCCOC)C(=O)c1ccc(OC(C)C)cc1. The molecule has 25 heavy (non-hydrogen) atoms. The zero-order valence-electron chi connectivity index (χ0n) is 15.6. The average Bonchev–Trinajstić information content (AvgIpc) is 2.58. The number of esters is 1. The Morgan fingerprint density at radius 1 is 1.12 bits per heavy atom. The highest BCUT2D eigenvalue weighted by Gasteiger charge is 2.17. The van der Waals surface area contributed by atoms with Gasteiger partial charge in [-0.2, -0.15) is 0 Å². The number of carbonyl (C=O) groups excluding carboxylic acids is 2. The van der Waals surface area contributed by atoms with Crippen LogP contribution < -0.4 is 4.74 Å². The van der Waals surface area contributed by atoms with Crippen LogP contribution in [0.5, 0.6) is 5.75 Å². The van der Waals surface area contributed by atoms with Crippen molar-refractivity contribution < 1.29 is 23.8 Å². The number of rotatable bonds is 11. The molecule has 0 aromatic heterocycles. The van der Waals surface area contributed by atoms with Gasteiger partial charge < -0.3 is 19.1 Å². The summed E-state index contributed by atoms with van der Waals surface area (Å²) in [5.41, 5.74) is 0.567. The van der Waals surface area contributed by atoms with Crippen molar-refractivity contribution >= 4 is 11.9 Å². The summed E-state index contributed by atoms with van der Waals surface area (Å²) in [6.45, 7) is 7.41. The fourth-order valence-corrected chi connectivity index (χ4v) is 2.30. The number of carbonyl (C=O) groups is 2. The van der Waals surface area contributed by atoms with E-state index in [1.54, 1.807) is 43.2 Å². The summed E-state index contributed by atoms with van der Waals surface area (Å²) in [5, 5.41) is 0. The Balaban J connectivity index is 2.73. The molecule has 1 rings (SSSR count). The lowest BCUT2D eigenvalue weighted by Crippen LogP contribution is -2.34. The topological polar surface area (TPSA) is 65.1 Å². The minimum atomic E-state index is -0.298. The van der Waals surface area contributed by atoms with Gasteiger partial charge in [0, 0.05) is 32.4 Å². The van der Waals surface area contributed by atoms with Gasteiger partial charge in [0.2, 0.25) is 0 Å². The highest BCUT2D eigenvalue weighted by atomic mass is 16.5. The quantitative estimate of drug-likeness (QED) is 0.453. The molecule has 1 aromatic rings. The summed E-state index contributed by atoms with van der Waals surface area (Å²) < 4.78 is 15.6. The summed E-state index contributed by atoms with van der Waals surface area (Å²) in [7, 11) is 1.62. The molecule has 0 atom stereocenters. The molecule has 140 valence electrons. The van der Waals surface area contributed by atoms with Gasteiger partial charge in [0.1, 0.15) is 5.75 Å². The molecule has 0 saturated carbocycles. The van der Waals surface area contributed by atoms with Crippen molar-refractivity contribution in [1.82, 2.24) is 4.90 Å². The largest absolute Gasteiger partial charge is 0.491 e. The van der Waals surface area contributed by atoms with Gasteiger partial charge in [-0.1, -0.05) is 0 Å². The smallest absolute Gasteiger partial charge is 0.307 e. The van der Waals surface area contributed by atoms with Crippen LogP contribution in [0.25, 0.3) is 0 Å². The van der Waals surface area contributed by atoms with Crippen LogP contribution in [0.15, 0.2) is 24.3 Å². The molecule has 0 fully saturated rings. The monoisotopic (exact) mass is 351 g/mol. The maximum absolute atomic E-state index is 12.7. The standard InChI is InChI=1S/C19H29NO5/c1-5-24-18(21)11-13-20(12-6-14-23-4)19(22)16-7-9-17(10-8-16)25-15(2)3/h7-10,15H,5-6,11-14H2,1-4H3. The molecule has 1 aromatic carbocycles. The lowest BCUT2D eigenvalue weighted by atomic mass is 10.1. The number of ether oxygens (including phenoxy) is 3. The molecule has 0 N–H and O–H groups in total. The molecule has 0 saturated heterocycles. The molecular weight excluding hydrogens is 322 g/mol. The third-order valence-electron chi connectivity index (χ3n) is 3.43. The lowest BCUT2D eigenvalue weighted by molar-refractivity contribution is -0.143. The van der Waals surface area contributed by atoms with E-state index < -0.39 is 0 Å². The summed E-state index contributed by atoms with van der Waals surface area (Å²) >= 11 is 0. The third-order valence-corrected chi connectivity index (χ3v) is 3.43. The zero-order valence-corrected chi connectivity index (χ0v) is 15.6. The fourth-order valence-electron chi connectivity index (χ4n) is 2.30. The Labute approximate surface area is 150 Å². The molecule has 0 unspecified atom stereocenters. The van der Waals surface area contributed by atoms with E-state index >= 15 is 0 Å². The van der Waals surface area contributed by atoms with Crippen LogP contribution >= 0.6 is 0 Å². The van der Waals surface area contributed by atoms with Crippen molar-refractivity contribution in [3.8, 4) is 5.75 Å². The van der Waals surface area contributed by atoms with Gasteiger partial charge in [-0.05, 0) is 51.5 Å². The lowest BCUT2D eigenvalue weighted by Gasteiger charge is -2.22. The van der Waals surface area contributed by atoms with Crippen molar-refractivity contribution in [1.29, 1.82) is 0 Å². The van der Waals surface area contributed by atoms with Crippen LogP contribution in [-0.2, 0) is 14.3 Å². The van der Waals surface area contributed by atoms with E-state index in [1.807, 2.05) is 13.8 Å². The van der Waals surface area contributed by atoms with Gasteiger partial charge in [0.05, 0.1) is 19.1 Å². The van der Waals surface area contributed by atoms with Crippen LogP contribution in [0.2, 0.25) is 0 Å². The molecule has 6 nitrogen and oxygen atoms in total. The van der Waals surface area contributed by atoms with Crippen LogP contribution in [0.1, 0.15) is 44.0 Å². The highest BCUT2D eigenvalue weighted by Crippen LogP contribution is 2.15. The second kappa shape index (κ2) is 11.5. The number of nitrogens with zero attached hydrogens (tertiary/aromatic N) is 1. The Hall–Kier alpha value is -2.08. The first-order valence-corrected chi connectivity index (χ1v) is 8.68. The Kier molecular flexibility index (Phi) is 9.62. The maximum atomic E-state index is 12.7. The first-order valence-electron chi connectivity index (χ1n) is 8.68. The molecule has 0 aliphatic carbocycles. The van der Waals surface area contributed by atoms with Crippen LogP contribution in [0, 0.1) is 0 Å². The third kappa shape index (κ3) is 8.03. The fraction of sp³-hybridized carbons (Fsp3) is 0.579. The predicted octanol–water partition coefficient (Wildman–Crippen LogP) is 2.91. The van der Waals surface area contributed by atoms with E-state index in [0.717, 1.165) is 5.75 Å². The molecule has 0 aliphatic rings. The van der Waals surface area contributed by atoms with E-state index in [0.29, 0.717) is 38.3 Å². The summed E-state index contributed by atoms with van der Waals surface area (Å²) in [5.74, 6) is 0.313. The molecule has 0 bridgehead atoms. The maximum Gasteiger partial charge on any atom is 0.307 e. The van der Waals surface area contributed by atoms with Gasteiger partial charge >= 0.3 is 5.97 Å². The van der Waals surface area contributed by atoms with E-state index in [9.17, 15) is 9.59 Å². The first kappa shape index (κ1) is 21.0. The molecule has 0 heterocycles. The molecular formula is C19H29NO5. The summed E-state index contributed by atoms with van der Waals surface area (Å²) in [6, 6.07) is 7.05. The minimum absolute atomic E-state index is 0.0803. The Morgan fingerprint density at radius 2 is 1.80 bits per heavy atom. The van der Waals surface area contributed by atoms with Gasteiger partial charge in [0.25, 0.3) is 5.91 Å². The molecule has 6 heteroatoms. The zero-order chi connectivity index (χ0) is 18.7. The van der Waals surface area contributed by atoms with Gasteiger partial charge in [-0.3, -0.25) is 9.59 Å². The van der Waals surface area contributed by atoms with Crippen molar-refractivity contribution in [2.75, 3.05) is 33.4 Å². The molecule has 1 amide bonds. The number of amides is 1. The number of hydrogen-bond acceptors (Lipinski definition) is 5. The highest BCUT2D eigenvalue weighted by molar-refractivity contribution is 5.94. The Morgan fingerprint density at radius 3 is 2.36 bits per heavy atom. The van der Waals surface area contributed by atoms with E-state index in [1.165, 1.54) is 0 Å². The van der Waals surface area contributed by atoms with Gasteiger partial charge in [0.15, 0.2) is 0 Å².